The average molecular weight is 406 g/mol. The number of hydrogen-bond donors (Lipinski definition) is 1. The molecule has 2 aromatic heterocycles. The number of imidazole rings is 1. The van der Waals surface area contributed by atoms with Crippen molar-refractivity contribution in [1.82, 2.24) is 19.4 Å². The second kappa shape index (κ2) is 8.95. The summed E-state index contributed by atoms with van der Waals surface area (Å²) in [7, 11) is 0. The Morgan fingerprint density at radius 2 is 1.70 bits per heavy atom. The minimum absolute atomic E-state index is 0.103. The Balaban J connectivity index is 1.16. The zero-order valence-electron chi connectivity index (χ0n) is 16.9. The molecule has 2 fully saturated rings. The third-order valence-electron chi connectivity index (χ3n) is 5.71. The van der Waals surface area contributed by atoms with Crippen molar-refractivity contribution in [3.63, 3.8) is 0 Å². The number of benzene rings is 1. The molecule has 7 nitrogen and oxygen atoms in total. The van der Waals surface area contributed by atoms with Gasteiger partial charge in [0.15, 0.2) is 0 Å². The fourth-order valence-electron chi connectivity index (χ4n) is 4.17. The number of anilines is 1. The van der Waals surface area contributed by atoms with Crippen LogP contribution in [0.1, 0.15) is 11.3 Å². The summed E-state index contributed by atoms with van der Waals surface area (Å²) in [5, 5.41) is 3.40. The molecule has 0 amide bonds. The predicted octanol–water partition coefficient (Wildman–Crippen LogP) is 2.41. The fourth-order valence-corrected chi connectivity index (χ4v) is 4.17. The summed E-state index contributed by atoms with van der Waals surface area (Å²) in [5.74, 6) is 0.857. The van der Waals surface area contributed by atoms with Crippen LogP contribution in [-0.2, 0) is 22.6 Å². The van der Waals surface area contributed by atoms with Gasteiger partial charge in [-0.25, -0.2) is 9.97 Å². The normalized spacial score (nSPS) is 22.5. The van der Waals surface area contributed by atoms with E-state index >= 15 is 0 Å². The topological polar surface area (TPSA) is 64.4 Å². The molecule has 30 heavy (non-hydrogen) atoms. The molecule has 4 heterocycles. The summed E-state index contributed by atoms with van der Waals surface area (Å²) >= 11 is 0. The molecule has 0 unspecified atom stereocenters. The Bertz CT molecular complexity index is 917. The highest BCUT2D eigenvalue weighted by molar-refractivity contribution is 5.34. The van der Waals surface area contributed by atoms with Gasteiger partial charge in [-0.15, -0.1) is 0 Å². The highest BCUT2D eigenvalue weighted by atomic mass is 16.6. The van der Waals surface area contributed by atoms with Gasteiger partial charge >= 0.3 is 0 Å². The lowest BCUT2D eigenvalue weighted by atomic mass is 10.2. The molecule has 0 bridgehead atoms. The summed E-state index contributed by atoms with van der Waals surface area (Å²) in [5.41, 5.74) is 2.49. The molecule has 1 aromatic carbocycles. The van der Waals surface area contributed by atoms with E-state index in [1.165, 1.54) is 11.3 Å². The number of hydrogen-bond acceptors (Lipinski definition) is 6. The monoisotopic (exact) mass is 405 g/mol. The van der Waals surface area contributed by atoms with Gasteiger partial charge in [0, 0.05) is 38.6 Å². The van der Waals surface area contributed by atoms with Gasteiger partial charge < -0.3 is 19.4 Å². The minimum atomic E-state index is 0.103. The van der Waals surface area contributed by atoms with Crippen LogP contribution in [0.15, 0.2) is 67.3 Å². The van der Waals surface area contributed by atoms with Gasteiger partial charge in [0.05, 0.1) is 43.5 Å². The number of nitrogens with one attached hydrogen (secondary N) is 1. The van der Waals surface area contributed by atoms with Crippen LogP contribution in [0.2, 0.25) is 0 Å². The lowest BCUT2D eigenvalue weighted by Crippen LogP contribution is -2.31. The number of nitrogens with zero attached hydrogens (tertiary/aromatic N) is 4. The first kappa shape index (κ1) is 19.2. The Morgan fingerprint density at radius 1 is 0.933 bits per heavy atom. The van der Waals surface area contributed by atoms with Crippen molar-refractivity contribution in [2.75, 3.05) is 31.6 Å². The quantitative estimate of drug-likeness (QED) is 0.680. The first-order valence-electron chi connectivity index (χ1n) is 10.5. The first-order valence-corrected chi connectivity index (χ1v) is 10.5. The van der Waals surface area contributed by atoms with Gasteiger partial charge in [-0.1, -0.05) is 36.4 Å². The molecule has 2 atom stereocenters. The first-order chi connectivity index (χ1) is 14.8. The van der Waals surface area contributed by atoms with E-state index in [0.717, 1.165) is 32.0 Å². The van der Waals surface area contributed by atoms with Crippen LogP contribution in [0.25, 0.3) is 0 Å². The Hall–Kier alpha value is -2.74. The van der Waals surface area contributed by atoms with Crippen molar-refractivity contribution in [2.45, 2.75) is 31.3 Å². The number of aromatic nitrogens is 3. The van der Waals surface area contributed by atoms with E-state index < -0.39 is 0 Å². The third kappa shape index (κ3) is 4.53. The second-order valence-corrected chi connectivity index (χ2v) is 7.99. The molecule has 2 aliphatic heterocycles. The zero-order valence-corrected chi connectivity index (χ0v) is 16.9. The number of pyridine rings is 1. The summed E-state index contributed by atoms with van der Waals surface area (Å²) in [6.45, 7) is 4.68. The van der Waals surface area contributed by atoms with Crippen LogP contribution in [0.4, 0.5) is 5.82 Å². The number of fused-ring (bicyclic) bond motifs is 1. The SMILES string of the molecule is c1ccc(Cn2cncc2CN2C[C@@H]3OCC(Nc4ccccn4)CO[C@H]3C2)cc1. The summed E-state index contributed by atoms with van der Waals surface area (Å²) < 4.78 is 14.6. The maximum absolute atomic E-state index is 6.21. The van der Waals surface area contributed by atoms with Crippen LogP contribution < -0.4 is 5.32 Å². The van der Waals surface area contributed by atoms with Crippen molar-refractivity contribution in [3.8, 4) is 0 Å². The van der Waals surface area contributed by atoms with Gasteiger partial charge in [-0.2, -0.15) is 0 Å². The summed E-state index contributed by atoms with van der Waals surface area (Å²) in [6, 6.07) is 16.5. The van der Waals surface area contributed by atoms with Crippen LogP contribution in [0, 0.1) is 0 Å². The van der Waals surface area contributed by atoms with Crippen LogP contribution in [0.5, 0.6) is 0 Å². The Kier molecular flexibility index (Phi) is 5.74. The van der Waals surface area contributed by atoms with Gasteiger partial charge in [0.2, 0.25) is 0 Å². The zero-order chi connectivity index (χ0) is 20.2. The molecule has 1 N–H and O–H groups in total. The van der Waals surface area contributed by atoms with E-state index in [1.54, 1.807) is 6.20 Å². The molecule has 7 heteroatoms. The lowest BCUT2D eigenvalue weighted by Gasteiger charge is -2.20. The average Bonchev–Trinajstić information content (AvgIpc) is 3.33. The van der Waals surface area contributed by atoms with E-state index in [-0.39, 0.29) is 18.2 Å². The van der Waals surface area contributed by atoms with E-state index in [1.807, 2.05) is 36.8 Å². The highest BCUT2D eigenvalue weighted by Crippen LogP contribution is 2.23. The predicted molar refractivity (Wildman–Crippen MR) is 114 cm³/mol. The molecular weight excluding hydrogens is 378 g/mol. The van der Waals surface area contributed by atoms with E-state index in [2.05, 4.69) is 49.0 Å². The molecule has 0 saturated carbocycles. The fraction of sp³-hybridized carbons (Fsp3) is 0.391. The number of ether oxygens (including phenoxy) is 2. The van der Waals surface area contributed by atoms with Crippen molar-refractivity contribution >= 4 is 5.82 Å². The largest absolute Gasteiger partial charge is 0.372 e. The van der Waals surface area contributed by atoms with Crippen molar-refractivity contribution in [2.24, 2.45) is 0 Å². The summed E-state index contributed by atoms with van der Waals surface area (Å²) in [6.07, 6.45) is 5.87. The van der Waals surface area contributed by atoms with Crippen LogP contribution >= 0.6 is 0 Å². The van der Waals surface area contributed by atoms with Gasteiger partial charge in [0.1, 0.15) is 5.82 Å². The molecule has 0 aliphatic carbocycles. The molecule has 5 rings (SSSR count). The molecule has 2 aliphatic rings. The summed E-state index contributed by atoms with van der Waals surface area (Å²) in [4.78, 5) is 11.1. The molecular formula is C23H27N5O2. The van der Waals surface area contributed by atoms with Gasteiger partial charge in [-0.05, 0) is 17.7 Å². The molecule has 0 spiro atoms. The van der Waals surface area contributed by atoms with E-state index in [4.69, 9.17) is 9.47 Å². The minimum Gasteiger partial charge on any atom is -0.372 e. The van der Waals surface area contributed by atoms with Crippen molar-refractivity contribution < 1.29 is 9.47 Å². The standard InChI is InChI=1S/C23H27N5O2/c1-2-6-18(7-3-1)11-28-17-24-10-20(28)12-27-13-21-22(14-27)30-16-19(15-29-21)26-23-8-4-5-9-25-23/h1-10,17,19,21-22H,11-16H2,(H,25,26)/t21-,22-/m0/s1. The van der Waals surface area contributed by atoms with Crippen LogP contribution in [0.3, 0.4) is 0 Å². The molecule has 3 aromatic rings. The lowest BCUT2D eigenvalue weighted by molar-refractivity contribution is -0.00461. The van der Waals surface area contributed by atoms with Gasteiger partial charge in [0.25, 0.3) is 0 Å². The molecule has 2 saturated heterocycles. The second-order valence-electron chi connectivity index (χ2n) is 7.99. The molecule has 0 radical (unpaired) electrons. The maximum Gasteiger partial charge on any atom is 0.126 e. The molecule has 156 valence electrons. The van der Waals surface area contributed by atoms with Crippen molar-refractivity contribution in [1.29, 1.82) is 0 Å². The van der Waals surface area contributed by atoms with E-state index in [0.29, 0.717) is 13.2 Å². The third-order valence-corrected chi connectivity index (χ3v) is 5.71. The number of likely N-dealkylation sites (tertiary alicyclic amines) is 1. The highest BCUT2D eigenvalue weighted by Gasteiger charge is 2.37. The smallest absolute Gasteiger partial charge is 0.126 e. The number of rotatable bonds is 6. The van der Waals surface area contributed by atoms with Crippen LogP contribution in [-0.4, -0.2) is 64.0 Å². The van der Waals surface area contributed by atoms with Crippen molar-refractivity contribution in [3.05, 3.63) is 78.5 Å². The maximum atomic E-state index is 6.21. The van der Waals surface area contributed by atoms with E-state index in [9.17, 15) is 0 Å². The Labute approximate surface area is 176 Å². The Morgan fingerprint density at radius 3 is 2.43 bits per heavy atom. The van der Waals surface area contributed by atoms with Gasteiger partial charge in [-0.3, -0.25) is 4.90 Å².